The zero-order valence-corrected chi connectivity index (χ0v) is 9.49. The lowest BCUT2D eigenvalue weighted by molar-refractivity contribution is -0.119. The molecule has 17 heavy (non-hydrogen) atoms. The van der Waals surface area contributed by atoms with E-state index in [-0.39, 0.29) is 17.4 Å². The van der Waals surface area contributed by atoms with Crippen LogP contribution in [0.4, 0.5) is 11.4 Å². The van der Waals surface area contributed by atoms with Gasteiger partial charge in [0.1, 0.15) is 0 Å². The number of amides is 1. The molecule has 2 rings (SSSR count). The van der Waals surface area contributed by atoms with Crippen LogP contribution in [0.3, 0.4) is 0 Å². The number of carboxylic acid groups (broad SMARTS) is 1. The highest BCUT2D eigenvalue weighted by Gasteiger charge is 2.24. The van der Waals surface area contributed by atoms with Gasteiger partial charge in [0.15, 0.2) is 0 Å². The average Bonchev–Trinajstić information content (AvgIpc) is 2.46. The second kappa shape index (κ2) is 4.45. The maximum Gasteiger partial charge on any atom is 0.337 e. The predicted octanol–water partition coefficient (Wildman–Crippen LogP) is 1.77. The number of carboxylic acids is 1. The van der Waals surface area contributed by atoms with Gasteiger partial charge in [0, 0.05) is 6.54 Å². The summed E-state index contributed by atoms with van der Waals surface area (Å²) in [5, 5.41) is 14.9. The molecule has 1 aromatic carbocycles. The van der Waals surface area contributed by atoms with Gasteiger partial charge in [0.2, 0.25) is 5.91 Å². The first-order valence-corrected chi connectivity index (χ1v) is 5.54. The van der Waals surface area contributed by atoms with Crippen LogP contribution in [0.2, 0.25) is 0 Å². The Morgan fingerprint density at radius 1 is 1.53 bits per heavy atom. The summed E-state index contributed by atoms with van der Waals surface area (Å²) in [5.41, 5.74) is 1.20. The van der Waals surface area contributed by atoms with Gasteiger partial charge in [-0.1, -0.05) is 13.0 Å². The van der Waals surface area contributed by atoms with Gasteiger partial charge in [0.25, 0.3) is 0 Å². The van der Waals surface area contributed by atoms with Crippen molar-refractivity contribution >= 4 is 23.3 Å². The molecule has 5 heteroatoms. The highest BCUT2D eigenvalue weighted by Crippen LogP contribution is 2.29. The molecule has 1 aliphatic heterocycles. The predicted molar refractivity (Wildman–Crippen MR) is 64.3 cm³/mol. The molecule has 0 aliphatic carbocycles. The van der Waals surface area contributed by atoms with E-state index in [0.717, 1.165) is 6.42 Å². The Labute approximate surface area is 98.8 Å². The van der Waals surface area contributed by atoms with Crippen molar-refractivity contribution in [2.24, 2.45) is 5.92 Å². The number of nitrogens with one attached hydrogen (secondary N) is 2. The molecule has 3 N–H and O–H groups in total. The Hall–Kier alpha value is -2.04. The van der Waals surface area contributed by atoms with E-state index in [4.69, 9.17) is 5.11 Å². The van der Waals surface area contributed by atoms with Crippen molar-refractivity contribution in [3.8, 4) is 0 Å². The first-order valence-electron chi connectivity index (χ1n) is 5.54. The Balaban J connectivity index is 2.42. The van der Waals surface area contributed by atoms with Crippen LogP contribution >= 0.6 is 0 Å². The largest absolute Gasteiger partial charge is 0.478 e. The number of carbonyl (C=O) groups is 2. The topological polar surface area (TPSA) is 78.4 Å². The number of hydrogen-bond acceptors (Lipinski definition) is 3. The molecule has 1 amide bonds. The average molecular weight is 234 g/mol. The molecule has 0 spiro atoms. The number of rotatable bonds is 2. The molecule has 1 aliphatic rings. The number of aromatic carboxylic acids is 1. The van der Waals surface area contributed by atoms with Gasteiger partial charge in [-0.3, -0.25) is 4.79 Å². The summed E-state index contributed by atoms with van der Waals surface area (Å²) in [6.07, 6.45) is 0.717. The van der Waals surface area contributed by atoms with Crippen LogP contribution < -0.4 is 10.6 Å². The van der Waals surface area contributed by atoms with Crippen LogP contribution in [0, 0.1) is 5.92 Å². The molecule has 0 saturated heterocycles. The van der Waals surface area contributed by atoms with Crippen molar-refractivity contribution in [1.29, 1.82) is 0 Å². The van der Waals surface area contributed by atoms with Crippen LogP contribution in [0.25, 0.3) is 0 Å². The van der Waals surface area contributed by atoms with E-state index in [0.29, 0.717) is 17.9 Å². The maximum absolute atomic E-state index is 11.8. The fraction of sp³-hybridized carbons (Fsp3) is 0.333. The third kappa shape index (κ3) is 2.08. The second-order valence-electron chi connectivity index (χ2n) is 4.01. The minimum absolute atomic E-state index is 0.0683. The molecule has 0 radical (unpaired) electrons. The second-order valence-corrected chi connectivity index (χ2v) is 4.01. The highest BCUT2D eigenvalue weighted by atomic mass is 16.4. The lowest BCUT2D eigenvalue weighted by Gasteiger charge is -2.10. The number of fused-ring (bicyclic) bond motifs is 1. The van der Waals surface area contributed by atoms with E-state index in [1.54, 1.807) is 12.1 Å². The summed E-state index contributed by atoms with van der Waals surface area (Å²) in [6.45, 7) is 2.39. The summed E-state index contributed by atoms with van der Waals surface area (Å²) in [5.74, 6) is -1.20. The Morgan fingerprint density at radius 3 is 2.94 bits per heavy atom. The number of benzene rings is 1. The molecule has 90 valence electrons. The van der Waals surface area contributed by atoms with E-state index in [9.17, 15) is 9.59 Å². The first kappa shape index (κ1) is 11.4. The van der Waals surface area contributed by atoms with Crippen LogP contribution in [0.15, 0.2) is 18.2 Å². The number of carbonyl (C=O) groups excluding carboxylic acids is 1. The highest BCUT2D eigenvalue weighted by molar-refractivity contribution is 6.04. The van der Waals surface area contributed by atoms with Crippen LogP contribution in [-0.2, 0) is 4.79 Å². The molecular formula is C12H14N2O3. The molecule has 0 saturated carbocycles. The number of para-hydroxylation sites is 1. The monoisotopic (exact) mass is 234 g/mol. The molecular weight excluding hydrogens is 220 g/mol. The molecule has 0 fully saturated rings. The van der Waals surface area contributed by atoms with Crippen molar-refractivity contribution in [2.45, 2.75) is 13.3 Å². The van der Waals surface area contributed by atoms with E-state index in [1.807, 2.05) is 6.92 Å². The van der Waals surface area contributed by atoms with Crippen LogP contribution in [0.1, 0.15) is 23.7 Å². The molecule has 1 aromatic rings. The number of hydrogen-bond donors (Lipinski definition) is 3. The van der Waals surface area contributed by atoms with Crippen LogP contribution in [0.5, 0.6) is 0 Å². The zero-order chi connectivity index (χ0) is 12.4. The standard InChI is InChI=1S/C12H14N2O3/c1-2-7-6-13-10-8(12(16)17)4-3-5-9(10)14-11(7)15/h3-5,7,13H,2,6H2,1H3,(H,14,15)(H,16,17). The fourth-order valence-corrected chi connectivity index (χ4v) is 1.91. The maximum atomic E-state index is 11.8. The Morgan fingerprint density at radius 2 is 2.29 bits per heavy atom. The summed E-state index contributed by atoms with van der Waals surface area (Å²) in [7, 11) is 0. The van der Waals surface area contributed by atoms with Crippen molar-refractivity contribution in [1.82, 2.24) is 0 Å². The van der Waals surface area contributed by atoms with E-state index < -0.39 is 5.97 Å². The van der Waals surface area contributed by atoms with Crippen molar-refractivity contribution in [2.75, 3.05) is 17.2 Å². The Bertz CT molecular complexity index is 471. The molecule has 1 atom stereocenters. The van der Waals surface area contributed by atoms with E-state index >= 15 is 0 Å². The summed E-state index contributed by atoms with van der Waals surface area (Å²) >= 11 is 0. The third-order valence-corrected chi connectivity index (χ3v) is 2.94. The SMILES string of the molecule is CCC1CNc2c(cccc2C(=O)O)NC1=O. The van der Waals surface area contributed by atoms with Gasteiger partial charge in [0.05, 0.1) is 22.9 Å². The summed E-state index contributed by atoms with van der Waals surface area (Å²) in [6, 6.07) is 4.84. The summed E-state index contributed by atoms with van der Waals surface area (Å²) in [4.78, 5) is 22.9. The van der Waals surface area contributed by atoms with Gasteiger partial charge in [-0.25, -0.2) is 4.79 Å². The zero-order valence-electron chi connectivity index (χ0n) is 9.49. The van der Waals surface area contributed by atoms with Crippen LogP contribution in [-0.4, -0.2) is 23.5 Å². The number of anilines is 2. The molecule has 0 aromatic heterocycles. The lowest BCUT2D eigenvalue weighted by atomic mass is 10.1. The van der Waals surface area contributed by atoms with Crippen molar-refractivity contribution in [3.63, 3.8) is 0 Å². The van der Waals surface area contributed by atoms with Gasteiger partial charge < -0.3 is 15.7 Å². The minimum atomic E-state index is -1.00. The third-order valence-electron chi connectivity index (χ3n) is 2.94. The van der Waals surface area contributed by atoms with E-state index in [1.165, 1.54) is 6.07 Å². The van der Waals surface area contributed by atoms with E-state index in [2.05, 4.69) is 10.6 Å². The minimum Gasteiger partial charge on any atom is -0.478 e. The quantitative estimate of drug-likeness (QED) is 0.728. The lowest BCUT2D eigenvalue weighted by Crippen LogP contribution is -2.24. The Kier molecular flexibility index (Phi) is 2.99. The first-order chi connectivity index (χ1) is 8.13. The van der Waals surface area contributed by atoms with Crippen molar-refractivity contribution < 1.29 is 14.7 Å². The molecule has 1 heterocycles. The molecule has 0 bridgehead atoms. The van der Waals surface area contributed by atoms with Gasteiger partial charge in [-0.2, -0.15) is 0 Å². The normalized spacial score (nSPS) is 18.6. The summed E-state index contributed by atoms with van der Waals surface area (Å²) < 4.78 is 0. The van der Waals surface area contributed by atoms with Gasteiger partial charge in [-0.05, 0) is 18.6 Å². The van der Waals surface area contributed by atoms with Gasteiger partial charge >= 0.3 is 5.97 Å². The molecule has 5 nitrogen and oxygen atoms in total. The smallest absolute Gasteiger partial charge is 0.337 e. The van der Waals surface area contributed by atoms with Crippen molar-refractivity contribution in [3.05, 3.63) is 23.8 Å². The van der Waals surface area contributed by atoms with Gasteiger partial charge in [-0.15, -0.1) is 0 Å². The fourth-order valence-electron chi connectivity index (χ4n) is 1.91. The molecule has 1 unspecified atom stereocenters.